The van der Waals surface area contributed by atoms with Gasteiger partial charge in [0.15, 0.2) is 0 Å². The first-order chi connectivity index (χ1) is 9.47. The van der Waals surface area contributed by atoms with Gasteiger partial charge in [0.1, 0.15) is 0 Å². The number of aryl methyl sites for hydroxylation is 1. The first-order valence-electron chi connectivity index (χ1n) is 8.17. The quantitative estimate of drug-likeness (QED) is 0.853. The summed E-state index contributed by atoms with van der Waals surface area (Å²) in [6.45, 7) is 8.26. The van der Waals surface area contributed by atoms with Gasteiger partial charge in [0.2, 0.25) is 0 Å². The molecule has 2 unspecified atom stereocenters. The highest BCUT2D eigenvalue weighted by Gasteiger charge is 2.27. The topological polar surface area (TPSA) is 29.9 Å². The smallest absolute Gasteiger partial charge is 0.0492 e. The lowest BCUT2D eigenvalue weighted by molar-refractivity contribution is 0.213. The Balaban J connectivity index is 1.73. The van der Waals surface area contributed by atoms with Crippen molar-refractivity contribution in [2.75, 3.05) is 6.54 Å². The standard InChI is InChI=1S/C17H31N3/c1-17(2,3)14-6-5-7-15(9-8-14)18-12-10-16-11-13-19-20(16)4/h11,13-15,18H,5-10,12H2,1-4H3. The molecule has 0 spiro atoms. The van der Waals surface area contributed by atoms with Gasteiger partial charge >= 0.3 is 0 Å². The molecule has 1 aliphatic rings. The third-order valence-corrected chi connectivity index (χ3v) is 4.93. The maximum Gasteiger partial charge on any atom is 0.0492 e. The number of hydrogen-bond acceptors (Lipinski definition) is 2. The van der Waals surface area contributed by atoms with Crippen LogP contribution in [0.15, 0.2) is 12.3 Å². The van der Waals surface area contributed by atoms with Crippen molar-refractivity contribution in [3.63, 3.8) is 0 Å². The maximum atomic E-state index is 4.22. The van der Waals surface area contributed by atoms with E-state index in [1.807, 2.05) is 17.9 Å². The predicted octanol–water partition coefficient (Wildman–Crippen LogP) is 3.55. The van der Waals surface area contributed by atoms with Gasteiger partial charge in [-0.1, -0.05) is 27.2 Å². The third-order valence-electron chi connectivity index (χ3n) is 4.93. The summed E-state index contributed by atoms with van der Waals surface area (Å²) < 4.78 is 1.98. The SMILES string of the molecule is Cn1nccc1CCNC1CCCC(C(C)(C)C)CC1. The van der Waals surface area contributed by atoms with Crippen molar-refractivity contribution >= 4 is 0 Å². The molecule has 0 saturated heterocycles. The minimum absolute atomic E-state index is 0.476. The van der Waals surface area contributed by atoms with Crippen LogP contribution in [-0.2, 0) is 13.5 Å². The third kappa shape index (κ3) is 4.34. The summed E-state index contributed by atoms with van der Waals surface area (Å²) >= 11 is 0. The molecule has 0 radical (unpaired) electrons. The second kappa shape index (κ2) is 6.75. The molecular weight excluding hydrogens is 246 g/mol. The molecule has 0 bridgehead atoms. The summed E-state index contributed by atoms with van der Waals surface area (Å²) in [6, 6.07) is 2.83. The first-order valence-corrected chi connectivity index (χ1v) is 8.17. The van der Waals surface area contributed by atoms with Gasteiger partial charge in [-0.25, -0.2) is 0 Å². The van der Waals surface area contributed by atoms with Crippen molar-refractivity contribution in [2.45, 2.75) is 65.3 Å². The van der Waals surface area contributed by atoms with Crippen molar-refractivity contribution < 1.29 is 0 Å². The Morgan fingerprint density at radius 3 is 2.70 bits per heavy atom. The van der Waals surface area contributed by atoms with E-state index in [0.29, 0.717) is 5.41 Å². The second-order valence-electron chi connectivity index (χ2n) is 7.42. The minimum atomic E-state index is 0.476. The van der Waals surface area contributed by atoms with Crippen LogP contribution in [0.1, 0.15) is 58.6 Å². The number of nitrogens with zero attached hydrogens (tertiary/aromatic N) is 2. The van der Waals surface area contributed by atoms with Gasteiger partial charge in [-0.15, -0.1) is 0 Å². The number of aromatic nitrogens is 2. The lowest BCUT2D eigenvalue weighted by Crippen LogP contribution is -2.31. The van der Waals surface area contributed by atoms with Gasteiger partial charge in [-0.2, -0.15) is 5.10 Å². The van der Waals surface area contributed by atoms with Crippen molar-refractivity contribution in [2.24, 2.45) is 18.4 Å². The zero-order valence-corrected chi connectivity index (χ0v) is 13.7. The van der Waals surface area contributed by atoms with Crippen LogP contribution in [0.2, 0.25) is 0 Å². The van der Waals surface area contributed by atoms with E-state index < -0.39 is 0 Å². The summed E-state index contributed by atoms with van der Waals surface area (Å²) in [7, 11) is 2.02. The summed E-state index contributed by atoms with van der Waals surface area (Å²) in [4.78, 5) is 0. The highest BCUT2D eigenvalue weighted by Crippen LogP contribution is 2.36. The molecule has 1 N–H and O–H groups in total. The molecule has 0 aromatic carbocycles. The van der Waals surface area contributed by atoms with Crippen molar-refractivity contribution in [1.82, 2.24) is 15.1 Å². The van der Waals surface area contributed by atoms with Crippen molar-refractivity contribution in [3.8, 4) is 0 Å². The molecule has 1 aromatic rings. The van der Waals surface area contributed by atoms with Crippen molar-refractivity contribution in [3.05, 3.63) is 18.0 Å². The van der Waals surface area contributed by atoms with Gasteiger partial charge in [0.25, 0.3) is 0 Å². The maximum absolute atomic E-state index is 4.22. The zero-order valence-electron chi connectivity index (χ0n) is 13.7. The van der Waals surface area contributed by atoms with Crippen LogP contribution in [0.4, 0.5) is 0 Å². The van der Waals surface area contributed by atoms with Gasteiger partial charge in [-0.3, -0.25) is 4.68 Å². The molecule has 0 amide bonds. The average molecular weight is 277 g/mol. The molecular formula is C17H31N3. The number of rotatable bonds is 4. The molecule has 1 saturated carbocycles. The zero-order chi connectivity index (χ0) is 14.6. The molecule has 20 heavy (non-hydrogen) atoms. The lowest BCUT2D eigenvalue weighted by atomic mass is 9.76. The van der Waals surface area contributed by atoms with Crippen LogP contribution < -0.4 is 5.32 Å². The Hall–Kier alpha value is -0.830. The molecule has 1 aliphatic carbocycles. The molecule has 114 valence electrons. The van der Waals surface area contributed by atoms with E-state index in [-0.39, 0.29) is 0 Å². The Bertz CT molecular complexity index is 403. The van der Waals surface area contributed by atoms with Gasteiger partial charge < -0.3 is 5.32 Å². The summed E-state index contributed by atoms with van der Waals surface area (Å²) in [6.07, 6.45) is 9.82. The number of nitrogens with one attached hydrogen (secondary N) is 1. The highest BCUT2D eigenvalue weighted by atomic mass is 15.3. The van der Waals surface area contributed by atoms with E-state index in [1.54, 1.807) is 0 Å². The molecule has 1 heterocycles. The predicted molar refractivity (Wildman–Crippen MR) is 84.7 cm³/mol. The summed E-state index contributed by atoms with van der Waals surface area (Å²) in [5.41, 5.74) is 1.79. The fraction of sp³-hybridized carbons (Fsp3) is 0.824. The van der Waals surface area contributed by atoms with E-state index in [4.69, 9.17) is 0 Å². The van der Waals surface area contributed by atoms with Gasteiger partial charge in [0, 0.05) is 37.9 Å². The summed E-state index contributed by atoms with van der Waals surface area (Å²) in [5.74, 6) is 0.895. The number of hydrogen-bond donors (Lipinski definition) is 1. The molecule has 2 atom stereocenters. The molecule has 3 nitrogen and oxygen atoms in total. The fourth-order valence-corrected chi connectivity index (χ4v) is 3.42. The van der Waals surface area contributed by atoms with Gasteiger partial charge in [-0.05, 0) is 43.1 Å². The lowest BCUT2D eigenvalue weighted by Gasteiger charge is -2.29. The average Bonchev–Trinajstić information content (AvgIpc) is 2.64. The van der Waals surface area contributed by atoms with Crippen LogP contribution in [0.3, 0.4) is 0 Å². The Morgan fingerprint density at radius 2 is 2.05 bits per heavy atom. The molecule has 3 heteroatoms. The van der Waals surface area contributed by atoms with E-state index >= 15 is 0 Å². The largest absolute Gasteiger partial charge is 0.314 e. The summed E-state index contributed by atoms with van der Waals surface area (Å²) in [5, 5.41) is 7.98. The molecule has 0 aliphatic heterocycles. The van der Waals surface area contributed by atoms with Crippen LogP contribution in [0.5, 0.6) is 0 Å². The second-order valence-corrected chi connectivity index (χ2v) is 7.42. The van der Waals surface area contributed by atoms with E-state index in [1.165, 1.54) is 37.8 Å². The van der Waals surface area contributed by atoms with Crippen LogP contribution >= 0.6 is 0 Å². The van der Waals surface area contributed by atoms with Crippen molar-refractivity contribution in [1.29, 1.82) is 0 Å². The van der Waals surface area contributed by atoms with Crippen LogP contribution in [-0.4, -0.2) is 22.4 Å². The Labute approximate surface area is 124 Å². The highest BCUT2D eigenvalue weighted by molar-refractivity contribution is 5.00. The molecule has 1 fully saturated rings. The normalized spacial score (nSPS) is 24.6. The minimum Gasteiger partial charge on any atom is -0.314 e. The molecule has 2 rings (SSSR count). The van der Waals surface area contributed by atoms with Gasteiger partial charge in [0.05, 0.1) is 0 Å². The Kier molecular flexibility index (Phi) is 5.25. The fourth-order valence-electron chi connectivity index (χ4n) is 3.42. The van der Waals surface area contributed by atoms with Crippen LogP contribution in [0.25, 0.3) is 0 Å². The first kappa shape index (κ1) is 15.6. The van der Waals surface area contributed by atoms with Crippen LogP contribution in [0, 0.1) is 11.3 Å². The van der Waals surface area contributed by atoms with E-state index in [2.05, 4.69) is 37.3 Å². The molecule has 1 aromatic heterocycles. The monoisotopic (exact) mass is 277 g/mol. The van der Waals surface area contributed by atoms with E-state index in [9.17, 15) is 0 Å². The van der Waals surface area contributed by atoms with E-state index in [0.717, 1.165) is 24.9 Å². The Morgan fingerprint density at radius 1 is 1.25 bits per heavy atom.